The molecule has 0 radical (unpaired) electrons. The number of fused-ring (bicyclic) bond motifs is 1. The van der Waals surface area contributed by atoms with Crippen LogP contribution in [0.3, 0.4) is 0 Å². The van der Waals surface area contributed by atoms with Gasteiger partial charge < -0.3 is 9.73 Å². The summed E-state index contributed by atoms with van der Waals surface area (Å²) in [5.41, 5.74) is 4.62. The van der Waals surface area contributed by atoms with E-state index in [1.54, 1.807) is 25.1 Å². The summed E-state index contributed by atoms with van der Waals surface area (Å²) in [6, 6.07) is 17.2. The maximum absolute atomic E-state index is 12.6. The Bertz CT molecular complexity index is 1260. The number of nitro groups is 1. The van der Waals surface area contributed by atoms with Gasteiger partial charge in [0.2, 0.25) is 5.89 Å². The molecule has 0 atom stereocenters. The van der Waals surface area contributed by atoms with Gasteiger partial charge in [0.15, 0.2) is 5.58 Å². The smallest absolute Gasteiger partial charge is 0.272 e. The highest BCUT2D eigenvalue weighted by Crippen LogP contribution is 2.27. The van der Waals surface area contributed by atoms with Gasteiger partial charge in [0.05, 0.1) is 4.92 Å². The van der Waals surface area contributed by atoms with E-state index >= 15 is 0 Å². The second kappa shape index (κ2) is 7.20. The van der Waals surface area contributed by atoms with Gasteiger partial charge in [-0.2, -0.15) is 0 Å². The van der Waals surface area contributed by atoms with Gasteiger partial charge in [-0.25, -0.2) is 4.98 Å². The molecule has 1 N–H and O–H groups in total. The normalized spacial score (nSPS) is 10.8. The number of hydrogen-bond acceptors (Lipinski definition) is 5. The number of anilines is 1. The minimum Gasteiger partial charge on any atom is -0.436 e. The summed E-state index contributed by atoms with van der Waals surface area (Å²) in [5, 5.41) is 13.7. The van der Waals surface area contributed by atoms with Crippen LogP contribution in [0.25, 0.3) is 22.6 Å². The van der Waals surface area contributed by atoms with Gasteiger partial charge in [0, 0.05) is 28.4 Å². The summed E-state index contributed by atoms with van der Waals surface area (Å²) in [6.45, 7) is 3.59. The Balaban J connectivity index is 1.59. The summed E-state index contributed by atoms with van der Waals surface area (Å²) < 4.78 is 5.82. The second-order valence-corrected chi connectivity index (χ2v) is 6.78. The van der Waals surface area contributed by atoms with Gasteiger partial charge in [-0.15, -0.1) is 0 Å². The molecule has 0 unspecified atom stereocenters. The molecular weight excluding hydrogens is 370 g/mol. The summed E-state index contributed by atoms with van der Waals surface area (Å²) in [6.07, 6.45) is 0. The van der Waals surface area contributed by atoms with Gasteiger partial charge in [-0.3, -0.25) is 14.9 Å². The van der Waals surface area contributed by atoms with Crippen LogP contribution in [-0.4, -0.2) is 15.8 Å². The predicted molar refractivity (Wildman–Crippen MR) is 110 cm³/mol. The van der Waals surface area contributed by atoms with E-state index in [-0.39, 0.29) is 11.6 Å². The van der Waals surface area contributed by atoms with E-state index in [9.17, 15) is 14.9 Å². The molecule has 0 saturated carbocycles. The molecule has 0 fully saturated rings. The molecule has 3 aromatic carbocycles. The van der Waals surface area contributed by atoms with Crippen LogP contribution in [0.5, 0.6) is 0 Å². The van der Waals surface area contributed by atoms with Crippen LogP contribution >= 0.6 is 0 Å². The number of hydrogen-bond donors (Lipinski definition) is 1. The lowest BCUT2D eigenvalue weighted by Gasteiger charge is -2.07. The molecule has 144 valence electrons. The van der Waals surface area contributed by atoms with Crippen LogP contribution in [-0.2, 0) is 0 Å². The van der Waals surface area contributed by atoms with Crippen molar-refractivity contribution in [2.75, 3.05) is 5.32 Å². The molecular formula is C22H17N3O4. The first-order valence-corrected chi connectivity index (χ1v) is 8.95. The standard InChI is InChI=1S/C22H17N3O4/c1-13-6-9-20-18(10-13)24-22(29-20)16-4-3-5-17(12-16)23-21(26)15-7-8-19(25(27)28)14(2)11-15/h3-12H,1-2H3,(H,23,26). The van der Waals surface area contributed by atoms with Crippen molar-refractivity contribution in [3.05, 3.63) is 87.5 Å². The van der Waals surface area contributed by atoms with Crippen molar-refractivity contribution in [1.29, 1.82) is 0 Å². The average Bonchev–Trinajstić information content (AvgIpc) is 3.11. The minimum atomic E-state index is -0.470. The van der Waals surface area contributed by atoms with E-state index in [1.165, 1.54) is 18.2 Å². The summed E-state index contributed by atoms with van der Waals surface area (Å²) in [7, 11) is 0. The van der Waals surface area contributed by atoms with E-state index in [2.05, 4.69) is 10.3 Å². The lowest BCUT2D eigenvalue weighted by Crippen LogP contribution is -2.12. The number of amides is 1. The fraction of sp³-hybridized carbons (Fsp3) is 0.0909. The fourth-order valence-corrected chi connectivity index (χ4v) is 3.10. The van der Waals surface area contributed by atoms with Gasteiger partial charge in [0.25, 0.3) is 11.6 Å². The predicted octanol–water partition coefficient (Wildman–Crippen LogP) is 5.27. The van der Waals surface area contributed by atoms with Crippen molar-refractivity contribution >= 4 is 28.4 Å². The van der Waals surface area contributed by atoms with Crippen LogP contribution in [0.15, 0.2) is 65.1 Å². The third kappa shape index (κ3) is 3.70. The molecule has 0 saturated heterocycles. The quantitative estimate of drug-likeness (QED) is 0.380. The summed E-state index contributed by atoms with van der Waals surface area (Å²) >= 11 is 0. The molecule has 7 nitrogen and oxygen atoms in total. The van der Waals surface area contributed by atoms with Crippen molar-refractivity contribution in [3.8, 4) is 11.5 Å². The molecule has 0 aliphatic carbocycles. The molecule has 29 heavy (non-hydrogen) atoms. The van der Waals surface area contributed by atoms with Crippen LogP contribution in [0, 0.1) is 24.0 Å². The average molecular weight is 387 g/mol. The number of nitrogens with zero attached hydrogens (tertiary/aromatic N) is 2. The number of aryl methyl sites for hydroxylation is 2. The first kappa shape index (κ1) is 18.4. The highest BCUT2D eigenvalue weighted by Gasteiger charge is 2.15. The lowest BCUT2D eigenvalue weighted by atomic mass is 10.1. The summed E-state index contributed by atoms with van der Waals surface area (Å²) in [4.78, 5) is 27.5. The highest BCUT2D eigenvalue weighted by atomic mass is 16.6. The molecule has 0 bridgehead atoms. The number of carbonyl (C=O) groups excluding carboxylic acids is 1. The maximum atomic E-state index is 12.6. The zero-order valence-electron chi connectivity index (χ0n) is 15.8. The molecule has 7 heteroatoms. The highest BCUT2D eigenvalue weighted by molar-refractivity contribution is 6.04. The SMILES string of the molecule is Cc1ccc2oc(-c3cccc(NC(=O)c4ccc([N+](=O)[O-])c(C)c4)c3)nc2c1. The first-order valence-electron chi connectivity index (χ1n) is 8.95. The number of nitro benzene ring substituents is 1. The monoisotopic (exact) mass is 387 g/mol. The number of rotatable bonds is 4. The van der Waals surface area contributed by atoms with Crippen molar-refractivity contribution in [3.63, 3.8) is 0 Å². The van der Waals surface area contributed by atoms with E-state index in [0.717, 1.165) is 16.6 Å². The van der Waals surface area contributed by atoms with Crippen LogP contribution < -0.4 is 5.32 Å². The number of oxazole rings is 1. The van der Waals surface area contributed by atoms with E-state index < -0.39 is 4.92 Å². The molecule has 1 amide bonds. The van der Waals surface area contributed by atoms with Crippen LogP contribution in [0.4, 0.5) is 11.4 Å². The molecule has 0 spiro atoms. The summed E-state index contributed by atoms with van der Waals surface area (Å²) in [5.74, 6) is 0.112. The van der Waals surface area contributed by atoms with Crippen molar-refractivity contribution in [1.82, 2.24) is 4.98 Å². The van der Waals surface area contributed by atoms with E-state index in [1.807, 2.05) is 31.2 Å². The van der Waals surface area contributed by atoms with Crippen molar-refractivity contribution < 1.29 is 14.1 Å². The number of aromatic nitrogens is 1. The molecule has 4 rings (SSSR count). The molecule has 1 heterocycles. The lowest BCUT2D eigenvalue weighted by molar-refractivity contribution is -0.385. The topological polar surface area (TPSA) is 98.3 Å². The zero-order valence-corrected chi connectivity index (χ0v) is 15.8. The Morgan fingerprint density at radius 1 is 1.07 bits per heavy atom. The Labute approximate surface area is 166 Å². The molecule has 1 aromatic heterocycles. The molecule has 4 aromatic rings. The second-order valence-electron chi connectivity index (χ2n) is 6.78. The van der Waals surface area contributed by atoms with Gasteiger partial charge in [-0.05, 0) is 61.9 Å². The molecule has 0 aliphatic heterocycles. The maximum Gasteiger partial charge on any atom is 0.272 e. The third-order valence-corrected chi connectivity index (χ3v) is 4.57. The van der Waals surface area contributed by atoms with Crippen molar-refractivity contribution in [2.24, 2.45) is 0 Å². The number of nitrogens with one attached hydrogen (secondary N) is 1. The fourth-order valence-electron chi connectivity index (χ4n) is 3.10. The van der Waals surface area contributed by atoms with E-state index in [0.29, 0.717) is 28.3 Å². The minimum absolute atomic E-state index is 0.0188. The zero-order chi connectivity index (χ0) is 20.5. The third-order valence-electron chi connectivity index (χ3n) is 4.57. The largest absolute Gasteiger partial charge is 0.436 e. The first-order chi connectivity index (χ1) is 13.9. The number of carbonyl (C=O) groups is 1. The van der Waals surface area contributed by atoms with Crippen LogP contribution in [0.2, 0.25) is 0 Å². The Hall–Kier alpha value is -4.00. The Morgan fingerprint density at radius 3 is 2.66 bits per heavy atom. The Morgan fingerprint density at radius 2 is 1.90 bits per heavy atom. The van der Waals surface area contributed by atoms with Gasteiger partial charge >= 0.3 is 0 Å². The number of benzene rings is 3. The van der Waals surface area contributed by atoms with Crippen LogP contribution in [0.1, 0.15) is 21.5 Å². The van der Waals surface area contributed by atoms with Crippen molar-refractivity contribution in [2.45, 2.75) is 13.8 Å². The van der Waals surface area contributed by atoms with Gasteiger partial charge in [-0.1, -0.05) is 12.1 Å². The molecule has 0 aliphatic rings. The Kier molecular flexibility index (Phi) is 4.56. The van der Waals surface area contributed by atoms with E-state index in [4.69, 9.17) is 4.42 Å². The van der Waals surface area contributed by atoms with Gasteiger partial charge in [0.1, 0.15) is 5.52 Å².